The summed E-state index contributed by atoms with van der Waals surface area (Å²) in [4.78, 5) is 22.2. The molecule has 6 nitrogen and oxygen atoms in total. The van der Waals surface area contributed by atoms with Gasteiger partial charge in [0.2, 0.25) is 5.91 Å². The third-order valence-corrected chi connectivity index (χ3v) is 4.37. The number of hydrogen-bond donors (Lipinski definition) is 2. The molecule has 0 aliphatic heterocycles. The van der Waals surface area contributed by atoms with Crippen LogP contribution in [0, 0.1) is 10.1 Å². The number of nitro groups is 1. The molecule has 1 aliphatic carbocycles. The molecule has 0 radical (unpaired) electrons. The molecule has 1 aliphatic rings. The highest BCUT2D eigenvalue weighted by molar-refractivity contribution is 5.90. The molecule has 1 amide bonds. The highest BCUT2D eigenvalue weighted by atomic mass is 16.6. The molecule has 2 aromatic carbocycles. The second-order valence-electron chi connectivity index (χ2n) is 6.22. The Morgan fingerprint density at radius 2 is 1.76 bits per heavy atom. The molecule has 2 N–H and O–H groups in total. The van der Waals surface area contributed by atoms with Gasteiger partial charge in [-0.2, -0.15) is 0 Å². The van der Waals surface area contributed by atoms with E-state index in [0.717, 1.165) is 24.2 Å². The molecule has 0 bridgehead atoms. The third kappa shape index (κ3) is 4.56. The number of carbonyl (C=O) groups excluding carboxylic acids is 1. The molecule has 0 saturated carbocycles. The molecule has 0 spiro atoms. The highest BCUT2D eigenvalue weighted by Crippen LogP contribution is 2.25. The molecule has 0 saturated heterocycles. The van der Waals surface area contributed by atoms with Gasteiger partial charge >= 0.3 is 0 Å². The minimum Gasteiger partial charge on any atom is -0.385 e. The zero-order valence-electron chi connectivity index (χ0n) is 14.0. The van der Waals surface area contributed by atoms with Crippen LogP contribution in [0.25, 0.3) is 0 Å². The lowest BCUT2D eigenvalue weighted by molar-refractivity contribution is -0.384. The van der Waals surface area contributed by atoms with Crippen molar-refractivity contribution in [3.63, 3.8) is 0 Å². The van der Waals surface area contributed by atoms with E-state index < -0.39 is 4.92 Å². The van der Waals surface area contributed by atoms with Crippen LogP contribution in [-0.2, 0) is 17.6 Å². The lowest BCUT2D eigenvalue weighted by atomic mass is 10.1. The van der Waals surface area contributed by atoms with Gasteiger partial charge < -0.3 is 10.6 Å². The van der Waals surface area contributed by atoms with Crippen LogP contribution in [0.3, 0.4) is 0 Å². The van der Waals surface area contributed by atoms with Crippen molar-refractivity contribution in [3.05, 3.63) is 63.7 Å². The second-order valence-corrected chi connectivity index (χ2v) is 6.22. The number of amides is 1. The Kier molecular flexibility index (Phi) is 5.28. The Bertz CT molecular complexity index is 772. The molecule has 0 fully saturated rings. The van der Waals surface area contributed by atoms with Crippen LogP contribution in [0.15, 0.2) is 42.5 Å². The number of non-ortho nitro benzene ring substituents is 1. The number of nitrogens with zero attached hydrogens (tertiary/aromatic N) is 1. The van der Waals surface area contributed by atoms with Gasteiger partial charge in [0.1, 0.15) is 0 Å². The van der Waals surface area contributed by atoms with E-state index in [1.807, 2.05) is 6.07 Å². The van der Waals surface area contributed by atoms with E-state index in [9.17, 15) is 14.9 Å². The molecule has 0 heterocycles. The normalized spacial score (nSPS) is 12.5. The number of rotatable bonds is 7. The van der Waals surface area contributed by atoms with Crippen LogP contribution >= 0.6 is 0 Å². The van der Waals surface area contributed by atoms with Crippen LogP contribution in [0.4, 0.5) is 17.1 Å². The van der Waals surface area contributed by atoms with Gasteiger partial charge in [-0.3, -0.25) is 14.9 Å². The molecular weight excluding hydrogens is 318 g/mol. The first-order valence-electron chi connectivity index (χ1n) is 8.52. The average molecular weight is 339 g/mol. The number of hydrogen-bond acceptors (Lipinski definition) is 4. The Morgan fingerprint density at radius 1 is 1.04 bits per heavy atom. The maximum Gasteiger partial charge on any atom is 0.269 e. The third-order valence-electron chi connectivity index (χ3n) is 4.37. The fourth-order valence-electron chi connectivity index (χ4n) is 3.06. The lowest BCUT2D eigenvalue weighted by Crippen LogP contribution is -2.13. The second kappa shape index (κ2) is 7.79. The number of nitrogens with one attached hydrogen (secondary N) is 2. The topological polar surface area (TPSA) is 84.3 Å². The maximum absolute atomic E-state index is 12.0. The molecule has 25 heavy (non-hydrogen) atoms. The number of carbonyl (C=O) groups is 1. The smallest absolute Gasteiger partial charge is 0.269 e. The van der Waals surface area contributed by atoms with Gasteiger partial charge in [0.25, 0.3) is 5.69 Å². The first kappa shape index (κ1) is 17.0. The number of aryl methyl sites for hydroxylation is 2. The average Bonchev–Trinajstić information content (AvgIpc) is 3.07. The zero-order chi connectivity index (χ0) is 17.6. The fourth-order valence-corrected chi connectivity index (χ4v) is 3.06. The van der Waals surface area contributed by atoms with Crippen molar-refractivity contribution in [2.75, 3.05) is 17.2 Å². The first-order chi connectivity index (χ1) is 12.1. The van der Waals surface area contributed by atoms with Crippen LogP contribution in [0.5, 0.6) is 0 Å². The number of benzene rings is 2. The van der Waals surface area contributed by atoms with E-state index in [2.05, 4.69) is 22.8 Å². The van der Waals surface area contributed by atoms with Gasteiger partial charge in [-0.15, -0.1) is 0 Å². The predicted molar refractivity (Wildman–Crippen MR) is 97.9 cm³/mol. The fraction of sp³-hybridized carbons (Fsp3) is 0.316. The minimum absolute atomic E-state index is 0.00319. The van der Waals surface area contributed by atoms with Crippen LogP contribution in [-0.4, -0.2) is 17.4 Å². The summed E-state index contributed by atoms with van der Waals surface area (Å²) >= 11 is 0. The van der Waals surface area contributed by atoms with Crippen molar-refractivity contribution in [3.8, 4) is 0 Å². The molecule has 0 atom stereocenters. The monoisotopic (exact) mass is 339 g/mol. The minimum atomic E-state index is -0.424. The molecule has 3 rings (SSSR count). The van der Waals surface area contributed by atoms with Crippen LogP contribution in [0.1, 0.15) is 30.4 Å². The Morgan fingerprint density at radius 3 is 2.52 bits per heavy atom. The van der Waals surface area contributed by atoms with Crippen molar-refractivity contribution in [1.29, 1.82) is 0 Å². The molecule has 6 heteroatoms. The molecule has 130 valence electrons. The van der Waals surface area contributed by atoms with Gasteiger partial charge in [0.05, 0.1) is 4.92 Å². The molecule has 2 aromatic rings. The Labute approximate surface area is 146 Å². The quantitative estimate of drug-likeness (QED) is 0.455. The van der Waals surface area contributed by atoms with E-state index >= 15 is 0 Å². The lowest BCUT2D eigenvalue weighted by Gasteiger charge is -2.08. The highest BCUT2D eigenvalue weighted by Gasteiger charge is 2.11. The summed E-state index contributed by atoms with van der Waals surface area (Å²) in [6.07, 6.45) is 4.54. The summed E-state index contributed by atoms with van der Waals surface area (Å²) < 4.78 is 0. The summed E-state index contributed by atoms with van der Waals surface area (Å²) in [5, 5.41) is 16.7. The van der Waals surface area contributed by atoms with Crippen molar-refractivity contribution >= 4 is 23.0 Å². The Hall–Kier alpha value is -2.89. The molecular formula is C19H21N3O3. The largest absolute Gasteiger partial charge is 0.385 e. The number of nitro benzene ring substituents is 1. The first-order valence-corrected chi connectivity index (χ1v) is 8.52. The standard InChI is InChI=1S/C19H21N3O3/c23-19(21-17-7-6-14-3-1-4-15(14)13-17)5-2-12-20-16-8-10-18(11-9-16)22(24)25/h6-11,13,20H,1-5,12H2,(H,21,23). The van der Waals surface area contributed by atoms with E-state index in [1.54, 1.807) is 12.1 Å². The van der Waals surface area contributed by atoms with Gasteiger partial charge in [-0.1, -0.05) is 6.07 Å². The van der Waals surface area contributed by atoms with Crippen LogP contribution < -0.4 is 10.6 Å². The van der Waals surface area contributed by atoms with Gasteiger partial charge in [-0.25, -0.2) is 0 Å². The summed E-state index contributed by atoms with van der Waals surface area (Å²) in [5.74, 6) is 0.00319. The van der Waals surface area contributed by atoms with Crippen molar-refractivity contribution in [1.82, 2.24) is 0 Å². The van der Waals surface area contributed by atoms with E-state index in [0.29, 0.717) is 19.4 Å². The summed E-state index contributed by atoms with van der Waals surface area (Å²) in [6, 6.07) is 12.4. The van der Waals surface area contributed by atoms with E-state index in [-0.39, 0.29) is 11.6 Å². The van der Waals surface area contributed by atoms with Crippen LogP contribution in [0.2, 0.25) is 0 Å². The van der Waals surface area contributed by atoms with Gasteiger partial charge in [0.15, 0.2) is 0 Å². The number of anilines is 2. The van der Waals surface area contributed by atoms with E-state index in [1.165, 1.54) is 29.7 Å². The summed E-state index contributed by atoms with van der Waals surface area (Å²) in [6.45, 7) is 0.634. The number of fused-ring (bicyclic) bond motifs is 1. The summed E-state index contributed by atoms with van der Waals surface area (Å²) in [7, 11) is 0. The van der Waals surface area contributed by atoms with Crippen molar-refractivity contribution in [2.24, 2.45) is 0 Å². The Balaban J connectivity index is 1.40. The van der Waals surface area contributed by atoms with Gasteiger partial charge in [0, 0.05) is 36.5 Å². The maximum atomic E-state index is 12.0. The SMILES string of the molecule is O=C(CCCNc1ccc([N+](=O)[O-])cc1)Nc1ccc2c(c1)CCC2. The van der Waals surface area contributed by atoms with Gasteiger partial charge in [-0.05, 0) is 61.1 Å². The van der Waals surface area contributed by atoms with Crippen molar-refractivity contribution in [2.45, 2.75) is 32.1 Å². The predicted octanol–water partition coefficient (Wildman–Crippen LogP) is 3.91. The molecule has 0 aromatic heterocycles. The zero-order valence-corrected chi connectivity index (χ0v) is 14.0. The van der Waals surface area contributed by atoms with Crippen molar-refractivity contribution < 1.29 is 9.72 Å². The molecule has 0 unspecified atom stereocenters. The summed E-state index contributed by atoms with van der Waals surface area (Å²) in [5.41, 5.74) is 4.49. The van der Waals surface area contributed by atoms with E-state index in [4.69, 9.17) is 0 Å².